The Kier molecular flexibility index (Phi) is 4.89. The molecule has 0 radical (unpaired) electrons. The highest BCUT2D eigenvalue weighted by Crippen LogP contribution is 2.34. The molecule has 1 aromatic carbocycles. The maximum atomic E-state index is 13.8. The monoisotopic (exact) mass is 401 g/mol. The minimum atomic E-state index is -0.442. The Morgan fingerprint density at radius 2 is 2.07 bits per heavy atom. The molecule has 154 valence electrons. The predicted octanol–water partition coefficient (Wildman–Crippen LogP) is 2.73. The van der Waals surface area contributed by atoms with Gasteiger partial charge < -0.3 is 25.0 Å². The maximum absolute atomic E-state index is 13.8. The van der Waals surface area contributed by atoms with Crippen LogP contribution in [-0.2, 0) is 4.79 Å². The predicted molar refractivity (Wildman–Crippen MR) is 107 cm³/mol. The third kappa shape index (κ3) is 3.64. The number of fused-ring (bicyclic) bond motifs is 1. The standard InChI is InChI=1S/C20H24FN5O3/c1-10-17-18(26(3)11(2)19(27)24-17)25-20(22-10)23-12-7-14(8-12)29-13-5-6-16(28-4)15(21)9-13/h5-6,9,11-12,14H,7-8H2,1-4H3,(H,24,27)(H,22,23,25)/t11-,12-,14-/m0/s1. The number of anilines is 3. The van der Waals surface area contributed by atoms with E-state index >= 15 is 0 Å². The van der Waals surface area contributed by atoms with E-state index in [1.807, 2.05) is 25.8 Å². The maximum Gasteiger partial charge on any atom is 0.246 e. The van der Waals surface area contributed by atoms with Gasteiger partial charge in [0.05, 0.1) is 12.8 Å². The van der Waals surface area contributed by atoms with E-state index in [-0.39, 0.29) is 29.8 Å². The molecule has 2 N–H and O–H groups in total. The number of aromatic nitrogens is 2. The van der Waals surface area contributed by atoms with Crippen molar-refractivity contribution in [1.29, 1.82) is 0 Å². The number of amides is 1. The average Bonchev–Trinajstić information content (AvgIpc) is 2.66. The van der Waals surface area contributed by atoms with E-state index in [0.717, 1.165) is 12.8 Å². The lowest BCUT2D eigenvalue weighted by Gasteiger charge is -2.37. The largest absolute Gasteiger partial charge is 0.494 e. The van der Waals surface area contributed by atoms with Gasteiger partial charge in [-0.3, -0.25) is 4.79 Å². The average molecular weight is 401 g/mol. The topological polar surface area (TPSA) is 88.6 Å². The number of hydrogen-bond donors (Lipinski definition) is 2. The SMILES string of the molecule is COc1ccc(O[C@H]2C[C@H](Nc3nc(C)c4c(n3)N(C)[C@@H](C)C(=O)N4)C2)cc1F. The number of nitrogens with zero attached hydrogens (tertiary/aromatic N) is 3. The molecule has 4 rings (SSSR count). The summed E-state index contributed by atoms with van der Waals surface area (Å²) in [4.78, 5) is 22.9. The number of ether oxygens (including phenoxy) is 2. The normalized spacial score (nSPS) is 23.0. The van der Waals surface area contributed by atoms with Crippen LogP contribution in [0.2, 0.25) is 0 Å². The summed E-state index contributed by atoms with van der Waals surface area (Å²) in [5, 5.41) is 6.20. The molecule has 2 aromatic rings. The van der Waals surface area contributed by atoms with Crippen molar-refractivity contribution in [2.24, 2.45) is 0 Å². The van der Waals surface area contributed by atoms with Crippen LogP contribution in [-0.4, -0.2) is 48.2 Å². The molecule has 1 atom stereocenters. The van der Waals surface area contributed by atoms with E-state index in [4.69, 9.17) is 9.47 Å². The number of rotatable bonds is 5. The van der Waals surface area contributed by atoms with E-state index in [2.05, 4.69) is 20.6 Å². The Balaban J connectivity index is 1.38. The number of hydrogen-bond acceptors (Lipinski definition) is 7. The Bertz CT molecular complexity index is 948. The highest BCUT2D eigenvalue weighted by molar-refractivity contribution is 6.03. The fraction of sp³-hybridized carbons (Fsp3) is 0.450. The van der Waals surface area contributed by atoms with E-state index in [1.54, 1.807) is 12.1 Å². The molecule has 2 heterocycles. The van der Waals surface area contributed by atoms with Gasteiger partial charge in [0.25, 0.3) is 0 Å². The zero-order chi connectivity index (χ0) is 20.7. The van der Waals surface area contributed by atoms with Gasteiger partial charge in [0.1, 0.15) is 23.6 Å². The lowest BCUT2D eigenvalue weighted by Crippen LogP contribution is -2.45. The van der Waals surface area contributed by atoms with Gasteiger partial charge in [0, 0.05) is 32.0 Å². The van der Waals surface area contributed by atoms with Gasteiger partial charge in [0.15, 0.2) is 17.4 Å². The molecule has 0 saturated heterocycles. The molecule has 1 aliphatic heterocycles. The second-order valence-electron chi connectivity index (χ2n) is 7.46. The highest BCUT2D eigenvalue weighted by Gasteiger charge is 2.33. The zero-order valence-corrected chi connectivity index (χ0v) is 16.8. The lowest BCUT2D eigenvalue weighted by molar-refractivity contribution is -0.117. The van der Waals surface area contributed by atoms with Crippen LogP contribution in [0.4, 0.5) is 21.8 Å². The minimum Gasteiger partial charge on any atom is -0.494 e. The molecular weight excluding hydrogens is 377 g/mol. The minimum absolute atomic E-state index is 0.000929. The van der Waals surface area contributed by atoms with Crippen LogP contribution < -0.4 is 25.0 Å². The van der Waals surface area contributed by atoms with Crippen LogP contribution in [0.1, 0.15) is 25.5 Å². The van der Waals surface area contributed by atoms with Crippen LogP contribution >= 0.6 is 0 Å². The summed E-state index contributed by atoms with van der Waals surface area (Å²) in [7, 11) is 3.28. The van der Waals surface area contributed by atoms with Crippen LogP contribution in [0, 0.1) is 12.7 Å². The van der Waals surface area contributed by atoms with Crippen molar-refractivity contribution in [1.82, 2.24) is 9.97 Å². The third-order valence-electron chi connectivity index (χ3n) is 5.47. The summed E-state index contributed by atoms with van der Waals surface area (Å²) in [6.45, 7) is 3.68. The number of halogens is 1. The van der Waals surface area contributed by atoms with Crippen LogP contribution in [0.15, 0.2) is 18.2 Å². The van der Waals surface area contributed by atoms with Crippen molar-refractivity contribution in [3.63, 3.8) is 0 Å². The number of benzene rings is 1. The number of likely N-dealkylation sites (N-methyl/N-ethyl adjacent to an activating group) is 1. The number of carbonyl (C=O) groups excluding carboxylic acids is 1. The Morgan fingerprint density at radius 1 is 1.31 bits per heavy atom. The Hall–Kier alpha value is -3.10. The molecule has 1 fully saturated rings. The molecule has 0 bridgehead atoms. The molecule has 1 saturated carbocycles. The first kappa shape index (κ1) is 19.2. The first-order valence-corrected chi connectivity index (χ1v) is 9.54. The molecule has 8 nitrogen and oxygen atoms in total. The van der Waals surface area contributed by atoms with Crippen LogP contribution in [0.25, 0.3) is 0 Å². The third-order valence-corrected chi connectivity index (χ3v) is 5.47. The number of methoxy groups -OCH3 is 1. The molecule has 2 aliphatic rings. The van der Waals surface area contributed by atoms with Gasteiger partial charge in [-0.2, -0.15) is 4.98 Å². The molecule has 9 heteroatoms. The molecule has 29 heavy (non-hydrogen) atoms. The summed E-state index contributed by atoms with van der Waals surface area (Å²) >= 11 is 0. The molecule has 1 aromatic heterocycles. The molecule has 1 aliphatic carbocycles. The smallest absolute Gasteiger partial charge is 0.246 e. The van der Waals surface area contributed by atoms with Crippen molar-refractivity contribution >= 4 is 23.4 Å². The van der Waals surface area contributed by atoms with Gasteiger partial charge >= 0.3 is 0 Å². The first-order valence-electron chi connectivity index (χ1n) is 9.54. The van der Waals surface area contributed by atoms with Gasteiger partial charge in [-0.25, -0.2) is 9.37 Å². The van der Waals surface area contributed by atoms with Crippen molar-refractivity contribution in [3.05, 3.63) is 29.7 Å². The second kappa shape index (κ2) is 7.38. The molecule has 0 unspecified atom stereocenters. The summed E-state index contributed by atoms with van der Waals surface area (Å²) in [6.07, 6.45) is 1.52. The highest BCUT2D eigenvalue weighted by atomic mass is 19.1. The molecular formula is C20H24FN5O3. The van der Waals surface area contributed by atoms with Gasteiger partial charge in [-0.1, -0.05) is 0 Å². The van der Waals surface area contributed by atoms with Gasteiger partial charge in [-0.05, 0) is 26.0 Å². The lowest BCUT2D eigenvalue weighted by atomic mass is 9.89. The zero-order valence-electron chi connectivity index (χ0n) is 16.8. The molecule has 0 spiro atoms. The fourth-order valence-corrected chi connectivity index (χ4v) is 3.49. The van der Waals surface area contributed by atoms with Crippen molar-refractivity contribution < 1.29 is 18.7 Å². The first-order chi connectivity index (χ1) is 13.9. The van der Waals surface area contributed by atoms with Crippen LogP contribution in [0.5, 0.6) is 11.5 Å². The van der Waals surface area contributed by atoms with Crippen molar-refractivity contribution in [3.8, 4) is 11.5 Å². The second-order valence-corrected chi connectivity index (χ2v) is 7.46. The Labute approximate surface area is 168 Å². The van der Waals surface area contributed by atoms with Crippen molar-refractivity contribution in [2.75, 3.05) is 29.7 Å². The fourth-order valence-electron chi connectivity index (χ4n) is 3.49. The van der Waals surface area contributed by atoms with E-state index in [1.165, 1.54) is 13.2 Å². The van der Waals surface area contributed by atoms with E-state index < -0.39 is 5.82 Å². The van der Waals surface area contributed by atoms with Crippen molar-refractivity contribution in [2.45, 2.75) is 44.9 Å². The number of nitrogens with one attached hydrogen (secondary N) is 2. The summed E-state index contributed by atoms with van der Waals surface area (Å²) in [5.74, 6) is 1.40. The van der Waals surface area contributed by atoms with Crippen LogP contribution in [0.3, 0.4) is 0 Å². The van der Waals surface area contributed by atoms with E-state index in [9.17, 15) is 9.18 Å². The summed E-state index contributed by atoms with van der Waals surface area (Å²) < 4.78 is 24.5. The van der Waals surface area contributed by atoms with E-state index in [0.29, 0.717) is 28.9 Å². The Morgan fingerprint density at radius 3 is 2.76 bits per heavy atom. The summed E-state index contributed by atoms with van der Waals surface area (Å²) in [5.41, 5.74) is 1.36. The number of aryl methyl sites for hydroxylation is 1. The van der Waals surface area contributed by atoms with Gasteiger partial charge in [0.2, 0.25) is 11.9 Å². The van der Waals surface area contributed by atoms with Gasteiger partial charge in [-0.15, -0.1) is 0 Å². The molecule has 1 amide bonds. The number of carbonyl (C=O) groups is 1. The quantitative estimate of drug-likeness (QED) is 0.796. The summed E-state index contributed by atoms with van der Waals surface area (Å²) in [6, 6.07) is 4.46.